The summed E-state index contributed by atoms with van der Waals surface area (Å²) in [7, 11) is 7.14. The fourth-order valence-electron chi connectivity index (χ4n) is 7.66. The predicted octanol–water partition coefficient (Wildman–Crippen LogP) is 4.42. The highest BCUT2D eigenvalue weighted by Crippen LogP contribution is 2.32. The summed E-state index contributed by atoms with van der Waals surface area (Å²) in [5.41, 5.74) is 5.43. The van der Waals surface area contributed by atoms with Gasteiger partial charge in [0.05, 0.1) is 13.8 Å². The molecule has 2 aromatic rings. The van der Waals surface area contributed by atoms with Crippen molar-refractivity contribution in [1.82, 2.24) is 36.3 Å². The maximum atomic E-state index is 14.9. The molecule has 0 aliphatic carbocycles. The number of aromatic nitrogens is 1. The Morgan fingerprint density at radius 1 is 1.01 bits per heavy atom. The van der Waals surface area contributed by atoms with Gasteiger partial charge in [0, 0.05) is 48.9 Å². The molecular formula is C45H71B2N7O11S3. The molecule has 5 N–H and O–H groups in total. The number of hydrazine groups is 1. The third-order valence-electron chi connectivity index (χ3n) is 11.6. The Labute approximate surface area is 414 Å². The maximum Gasteiger partial charge on any atom is 0.426 e. The zero-order valence-corrected chi connectivity index (χ0v) is 43.5. The predicted molar refractivity (Wildman–Crippen MR) is 269 cm³/mol. The van der Waals surface area contributed by atoms with Gasteiger partial charge in [0.15, 0.2) is 19.3 Å². The molecule has 0 radical (unpaired) electrons. The number of hydrogen-bond donors (Lipinski definition) is 5. The van der Waals surface area contributed by atoms with Crippen LogP contribution in [0.4, 0.5) is 4.79 Å². The van der Waals surface area contributed by atoms with E-state index in [-0.39, 0.29) is 66.5 Å². The molecule has 376 valence electrons. The lowest BCUT2D eigenvalue weighted by Crippen LogP contribution is -2.59. The Morgan fingerprint density at radius 3 is 2.37 bits per heavy atom. The molecule has 3 unspecified atom stereocenters. The normalized spacial score (nSPS) is 16.5. The van der Waals surface area contributed by atoms with E-state index in [2.05, 4.69) is 26.5 Å². The first kappa shape index (κ1) is 57.8. The lowest BCUT2D eigenvalue weighted by Gasteiger charge is -2.39. The molecule has 2 heterocycles. The molecule has 3 rings (SSSR count). The highest BCUT2D eigenvalue weighted by atomic mass is 33.1. The van der Waals surface area contributed by atoms with Crippen LogP contribution in [0.1, 0.15) is 127 Å². The van der Waals surface area contributed by atoms with Crippen LogP contribution in [0.25, 0.3) is 0 Å². The molecule has 7 atom stereocenters. The van der Waals surface area contributed by atoms with Gasteiger partial charge in [-0.2, -0.15) is 10.6 Å². The van der Waals surface area contributed by atoms with Crippen molar-refractivity contribution in [2.45, 2.75) is 137 Å². The summed E-state index contributed by atoms with van der Waals surface area (Å²) in [4.78, 5) is 101. The molecule has 18 nitrogen and oxygen atoms in total. The van der Waals surface area contributed by atoms with Gasteiger partial charge in [0.25, 0.3) is 5.91 Å². The number of likely N-dealkylation sites (N-methyl/N-ethyl adjacent to an activating group) is 1. The third kappa shape index (κ3) is 19.5. The second-order valence-corrected chi connectivity index (χ2v) is 21.2. The summed E-state index contributed by atoms with van der Waals surface area (Å²) in [6.45, 7) is 12.9. The minimum atomic E-state index is -1.04. The second kappa shape index (κ2) is 30.2. The van der Waals surface area contributed by atoms with Gasteiger partial charge >= 0.3 is 18.0 Å². The Kier molecular flexibility index (Phi) is 25.7. The first-order valence-electron chi connectivity index (χ1n) is 23.5. The van der Waals surface area contributed by atoms with E-state index in [1.54, 1.807) is 40.5 Å². The molecule has 5 amide bonds. The molecule has 0 saturated carbocycles. The fraction of sp³-hybridized carbons (Fsp3) is 0.644. The first-order chi connectivity index (χ1) is 32.4. The summed E-state index contributed by atoms with van der Waals surface area (Å²) >= 11 is 1.09. The lowest BCUT2D eigenvalue weighted by atomic mass is 9.79. The molecule has 68 heavy (non-hydrogen) atoms. The van der Waals surface area contributed by atoms with Crippen LogP contribution in [0.15, 0.2) is 29.6 Å². The zero-order valence-electron chi connectivity index (χ0n) is 41.0. The summed E-state index contributed by atoms with van der Waals surface area (Å²) in [5, 5.41) is 17.7. The van der Waals surface area contributed by atoms with Crippen molar-refractivity contribution >= 4 is 88.6 Å². The van der Waals surface area contributed by atoms with Crippen LogP contribution in [0.3, 0.4) is 0 Å². The van der Waals surface area contributed by atoms with E-state index in [1.165, 1.54) is 29.3 Å². The number of amides is 5. The van der Waals surface area contributed by atoms with E-state index >= 15 is 0 Å². The van der Waals surface area contributed by atoms with Gasteiger partial charge in [-0.05, 0) is 75.2 Å². The first-order valence-corrected chi connectivity index (χ1v) is 26.9. The van der Waals surface area contributed by atoms with E-state index in [0.29, 0.717) is 25.0 Å². The summed E-state index contributed by atoms with van der Waals surface area (Å²) < 4.78 is 16.7. The number of nitrogens with zero attached hydrogens (tertiary/aromatic N) is 3. The average molecular weight is 1000 g/mol. The number of carbonyl (C=O) groups is 7. The molecule has 1 saturated heterocycles. The van der Waals surface area contributed by atoms with Crippen molar-refractivity contribution < 1.29 is 52.9 Å². The van der Waals surface area contributed by atoms with Crippen LogP contribution in [-0.4, -0.2) is 133 Å². The topological polar surface area (TPSA) is 235 Å². The highest BCUT2D eigenvalue weighted by molar-refractivity contribution is 8.86. The Bertz CT molecular complexity index is 1950. The molecule has 1 aliphatic rings. The number of ether oxygens (including phenoxy) is 3. The summed E-state index contributed by atoms with van der Waals surface area (Å²) in [5.74, 6) is -3.49. The van der Waals surface area contributed by atoms with Crippen LogP contribution < -0.4 is 21.5 Å². The number of phenolic OH excluding ortho intramolecular Hbond substituents is 1. The molecule has 0 bridgehead atoms. The molecule has 23 heteroatoms. The van der Waals surface area contributed by atoms with Crippen LogP contribution in [0.2, 0.25) is 0 Å². The molecule has 1 aromatic heterocycles. The van der Waals surface area contributed by atoms with Crippen molar-refractivity contribution in [2.24, 2.45) is 17.8 Å². The lowest BCUT2D eigenvalue weighted by molar-refractivity contribution is -0.160. The number of nitrogens with one attached hydrogen (secondary N) is 4. The van der Waals surface area contributed by atoms with Gasteiger partial charge < -0.3 is 34.9 Å². The largest absolute Gasteiger partial charge is 0.508 e. The number of aromatic hydroxyl groups is 1. The Balaban J connectivity index is 1.89. The van der Waals surface area contributed by atoms with Gasteiger partial charge in [-0.3, -0.25) is 39.1 Å². The Hall–Kier alpha value is -4.47. The van der Waals surface area contributed by atoms with E-state index in [4.69, 9.17) is 14.2 Å². The van der Waals surface area contributed by atoms with Crippen molar-refractivity contribution in [3.05, 3.63) is 45.9 Å². The standard InChI is InChI=1S/C45H71B2N7O11S3/c1-9-13-38(57)64-26-54(44(61)39(28(5)10-2)50-42(60)35-14-11-12-19-53(35)8)36(27(3)4)24-37(65-30(7)55)43-49-34(25-66-43)41(59)48-32(23-31-15-17-33(56)18-16-31)22-29(6)40(58)51-52-45(62)63-20-21-67-68-47-46/h15-18,25,27-29,32,35-37,39,47,56H,9-14,19-24,26,46H2,1-8H3,(H,48,59)(H,50,60)(H,51,58)(H,52,62)/t28?,29-,32+,35+,36?,37+,39?/m0/s1. The summed E-state index contributed by atoms with van der Waals surface area (Å²) in [6, 6.07) is 3.79. The minimum absolute atomic E-state index is 0.0179. The fourth-order valence-corrected chi connectivity index (χ4v) is 9.99. The van der Waals surface area contributed by atoms with Crippen molar-refractivity contribution in [2.75, 3.05) is 32.7 Å². The number of phenols is 1. The van der Waals surface area contributed by atoms with Gasteiger partial charge in [-0.25, -0.2) is 15.2 Å². The number of thiazole rings is 1. The molecule has 1 aromatic carbocycles. The van der Waals surface area contributed by atoms with Crippen molar-refractivity contribution in [3.63, 3.8) is 0 Å². The van der Waals surface area contributed by atoms with E-state index in [0.717, 1.165) is 42.7 Å². The monoisotopic (exact) mass is 1000 g/mol. The number of hydrogen-bond acceptors (Lipinski definition) is 16. The van der Waals surface area contributed by atoms with Gasteiger partial charge in [-0.1, -0.05) is 66.5 Å². The highest BCUT2D eigenvalue weighted by Gasteiger charge is 2.39. The number of rotatable bonds is 27. The van der Waals surface area contributed by atoms with Gasteiger partial charge in [0.1, 0.15) is 29.1 Å². The quantitative estimate of drug-likeness (QED) is 0.0159. The summed E-state index contributed by atoms with van der Waals surface area (Å²) in [6.07, 6.45) is 3.31. The van der Waals surface area contributed by atoms with Crippen molar-refractivity contribution in [1.29, 1.82) is 0 Å². The van der Waals surface area contributed by atoms with Crippen LogP contribution in [0, 0.1) is 17.8 Å². The third-order valence-corrected chi connectivity index (χ3v) is 15.0. The van der Waals surface area contributed by atoms with Crippen LogP contribution in [0.5, 0.6) is 5.75 Å². The molecule has 1 aliphatic heterocycles. The van der Waals surface area contributed by atoms with Crippen LogP contribution in [-0.2, 0) is 44.6 Å². The molecule has 1 fully saturated rings. The van der Waals surface area contributed by atoms with Crippen LogP contribution >= 0.6 is 32.8 Å². The SMILES string of the molecule is BBSSCCOC(=O)NNC(=O)[C@@H](C)C[C@H](Cc1ccc(O)cc1)NC(=O)c1csc([C@@H](CC(C(C)C)N(COC(=O)CCC)C(=O)C(NC(=O)[C@H]2CCCCN2C)C(C)CC)OC(C)=O)n1. The van der Waals surface area contributed by atoms with E-state index < -0.39 is 78.7 Å². The zero-order chi connectivity index (χ0) is 50.3. The maximum absolute atomic E-state index is 14.9. The Morgan fingerprint density at radius 2 is 1.74 bits per heavy atom. The number of piperidine rings is 1. The number of esters is 2. The smallest absolute Gasteiger partial charge is 0.426 e. The van der Waals surface area contributed by atoms with E-state index in [9.17, 15) is 38.7 Å². The number of benzene rings is 1. The van der Waals surface area contributed by atoms with Gasteiger partial charge in [0.2, 0.25) is 17.7 Å². The average Bonchev–Trinajstić information content (AvgIpc) is 3.80. The van der Waals surface area contributed by atoms with Crippen molar-refractivity contribution in [3.8, 4) is 5.75 Å². The van der Waals surface area contributed by atoms with E-state index in [1.807, 2.05) is 54.3 Å². The number of carbonyl (C=O) groups excluding carboxylic acids is 7. The molecular weight excluding hydrogens is 932 g/mol. The minimum Gasteiger partial charge on any atom is -0.508 e. The second-order valence-electron chi connectivity index (χ2n) is 17.4. The number of likely N-dealkylation sites (tertiary alicyclic amines) is 1. The van der Waals surface area contributed by atoms with Gasteiger partial charge in [-0.15, -0.1) is 22.1 Å². The molecule has 0 spiro atoms.